The third-order valence-corrected chi connectivity index (χ3v) is 3.73. The van der Waals surface area contributed by atoms with E-state index in [9.17, 15) is 0 Å². The van der Waals surface area contributed by atoms with Crippen LogP contribution in [0, 0.1) is 11.3 Å². The normalized spacial score (nSPS) is 10.3. The van der Waals surface area contributed by atoms with Gasteiger partial charge >= 0.3 is 0 Å². The lowest BCUT2D eigenvalue weighted by molar-refractivity contribution is 0.485. The first-order valence-corrected chi connectivity index (χ1v) is 6.91. The van der Waals surface area contributed by atoms with Gasteiger partial charge in [-0.05, 0) is 29.8 Å². The Morgan fingerprint density at radius 3 is 2.75 bits per heavy atom. The van der Waals surface area contributed by atoms with E-state index in [0.717, 1.165) is 15.8 Å². The van der Waals surface area contributed by atoms with Crippen molar-refractivity contribution >= 4 is 27.2 Å². The molecule has 2 aromatic carbocycles. The molecule has 2 N–H and O–H groups in total. The fraction of sp³-hybridized carbons (Fsp3) is 0.0667. The molecule has 0 radical (unpaired) electrons. The van der Waals surface area contributed by atoms with Crippen molar-refractivity contribution < 1.29 is 4.74 Å². The molecule has 1 aromatic heterocycles. The van der Waals surface area contributed by atoms with E-state index in [1.54, 1.807) is 16.8 Å². The summed E-state index contributed by atoms with van der Waals surface area (Å²) in [5, 5.41) is 8.64. The van der Waals surface area contributed by atoms with Gasteiger partial charge in [-0.25, -0.2) is 4.98 Å². The van der Waals surface area contributed by atoms with Crippen molar-refractivity contribution in [2.75, 3.05) is 5.73 Å². The Morgan fingerprint density at radius 2 is 2.00 bits per heavy atom. The van der Waals surface area contributed by atoms with Gasteiger partial charge in [0.05, 0.1) is 22.7 Å². The number of ether oxygens (including phenoxy) is 1. The molecule has 0 fully saturated rings. The second kappa shape index (κ2) is 5.19. The standard InChI is InChI=1S/C15H11N3OS/c16-8-7-10-1-3-11(4-2-10)19-12-5-6-13-15(14(12)17)18-9-20-13/h1-6,9H,7,17H2. The van der Waals surface area contributed by atoms with Crippen LogP contribution >= 0.6 is 11.3 Å². The summed E-state index contributed by atoms with van der Waals surface area (Å²) in [6.07, 6.45) is 0.396. The Bertz CT molecular complexity index is 787. The number of anilines is 1. The lowest BCUT2D eigenvalue weighted by Gasteiger charge is -2.09. The van der Waals surface area contributed by atoms with E-state index in [4.69, 9.17) is 15.7 Å². The molecule has 0 bridgehead atoms. The van der Waals surface area contributed by atoms with E-state index in [2.05, 4.69) is 11.1 Å². The Morgan fingerprint density at radius 1 is 1.20 bits per heavy atom. The maximum atomic E-state index is 8.64. The molecule has 3 aromatic rings. The van der Waals surface area contributed by atoms with Crippen molar-refractivity contribution in [3.63, 3.8) is 0 Å². The van der Waals surface area contributed by atoms with Gasteiger partial charge in [-0.15, -0.1) is 11.3 Å². The molecule has 3 rings (SSSR count). The number of hydrogen-bond donors (Lipinski definition) is 1. The summed E-state index contributed by atoms with van der Waals surface area (Å²) in [6.45, 7) is 0. The van der Waals surface area contributed by atoms with Crippen LogP contribution in [0.5, 0.6) is 11.5 Å². The van der Waals surface area contributed by atoms with Crippen LogP contribution in [0.3, 0.4) is 0 Å². The van der Waals surface area contributed by atoms with Gasteiger partial charge in [-0.2, -0.15) is 5.26 Å². The quantitative estimate of drug-likeness (QED) is 0.742. The molecule has 0 unspecified atom stereocenters. The highest BCUT2D eigenvalue weighted by Crippen LogP contribution is 2.34. The molecule has 0 saturated heterocycles. The van der Waals surface area contributed by atoms with Gasteiger partial charge in [-0.1, -0.05) is 12.1 Å². The molecule has 0 saturated carbocycles. The molecule has 0 spiro atoms. The zero-order chi connectivity index (χ0) is 13.9. The topological polar surface area (TPSA) is 71.9 Å². The smallest absolute Gasteiger partial charge is 0.152 e. The van der Waals surface area contributed by atoms with Crippen LogP contribution < -0.4 is 10.5 Å². The largest absolute Gasteiger partial charge is 0.455 e. The Labute approximate surface area is 120 Å². The van der Waals surface area contributed by atoms with E-state index in [-0.39, 0.29) is 0 Å². The van der Waals surface area contributed by atoms with Gasteiger partial charge in [0, 0.05) is 0 Å². The van der Waals surface area contributed by atoms with E-state index >= 15 is 0 Å². The van der Waals surface area contributed by atoms with Crippen LogP contribution in [-0.4, -0.2) is 4.98 Å². The molecular weight excluding hydrogens is 270 g/mol. The molecule has 0 amide bonds. The summed E-state index contributed by atoms with van der Waals surface area (Å²) in [6, 6.07) is 13.3. The van der Waals surface area contributed by atoms with Crippen molar-refractivity contribution in [1.29, 1.82) is 5.26 Å². The summed E-state index contributed by atoms with van der Waals surface area (Å²) in [7, 11) is 0. The minimum absolute atomic E-state index is 0.396. The Balaban J connectivity index is 1.89. The maximum Gasteiger partial charge on any atom is 0.152 e. The van der Waals surface area contributed by atoms with Crippen LogP contribution in [0.25, 0.3) is 10.2 Å². The lowest BCUT2D eigenvalue weighted by Crippen LogP contribution is -1.93. The monoisotopic (exact) mass is 281 g/mol. The van der Waals surface area contributed by atoms with Crippen molar-refractivity contribution in [2.24, 2.45) is 0 Å². The van der Waals surface area contributed by atoms with Crippen LogP contribution in [0.1, 0.15) is 5.56 Å². The highest BCUT2D eigenvalue weighted by Gasteiger charge is 2.08. The highest BCUT2D eigenvalue weighted by atomic mass is 32.1. The average Bonchev–Trinajstić information content (AvgIpc) is 2.94. The van der Waals surface area contributed by atoms with E-state index in [1.165, 1.54) is 0 Å². The number of thiazole rings is 1. The minimum Gasteiger partial charge on any atom is -0.455 e. The number of nitrogens with zero attached hydrogens (tertiary/aromatic N) is 2. The molecule has 20 heavy (non-hydrogen) atoms. The van der Waals surface area contributed by atoms with Crippen molar-refractivity contribution in [1.82, 2.24) is 4.98 Å². The number of aromatic nitrogens is 1. The molecule has 4 nitrogen and oxygen atoms in total. The number of hydrogen-bond acceptors (Lipinski definition) is 5. The predicted octanol–water partition coefficient (Wildman–Crippen LogP) is 3.74. The fourth-order valence-corrected chi connectivity index (χ4v) is 2.61. The maximum absolute atomic E-state index is 8.64. The number of nitrogen functional groups attached to an aromatic ring is 1. The predicted molar refractivity (Wildman–Crippen MR) is 79.9 cm³/mol. The van der Waals surface area contributed by atoms with Gasteiger partial charge in [0.1, 0.15) is 17.0 Å². The second-order valence-corrected chi connectivity index (χ2v) is 5.14. The van der Waals surface area contributed by atoms with Crippen LogP contribution in [0.4, 0.5) is 5.69 Å². The van der Waals surface area contributed by atoms with Gasteiger partial charge in [-0.3, -0.25) is 0 Å². The van der Waals surface area contributed by atoms with E-state index in [1.807, 2.05) is 36.4 Å². The molecule has 1 heterocycles. The lowest BCUT2D eigenvalue weighted by atomic mass is 10.2. The third-order valence-electron chi connectivity index (χ3n) is 2.94. The molecule has 98 valence electrons. The first-order valence-electron chi connectivity index (χ1n) is 6.03. The zero-order valence-corrected chi connectivity index (χ0v) is 11.4. The second-order valence-electron chi connectivity index (χ2n) is 4.26. The number of rotatable bonds is 3. The zero-order valence-electron chi connectivity index (χ0n) is 10.5. The minimum atomic E-state index is 0.396. The van der Waals surface area contributed by atoms with Crippen LogP contribution in [0.2, 0.25) is 0 Å². The van der Waals surface area contributed by atoms with E-state index in [0.29, 0.717) is 23.6 Å². The number of fused-ring (bicyclic) bond motifs is 1. The summed E-state index contributed by atoms with van der Waals surface area (Å²) < 4.78 is 6.82. The van der Waals surface area contributed by atoms with Crippen molar-refractivity contribution in [3.8, 4) is 17.6 Å². The SMILES string of the molecule is N#CCc1ccc(Oc2ccc3scnc3c2N)cc1. The summed E-state index contributed by atoms with van der Waals surface area (Å²) >= 11 is 1.55. The van der Waals surface area contributed by atoms with Gasteiger partial charge in [0.15, 0.2) is 5.75 Å². The highest BCUT2D eigenvalue weighted by molar-refractivity contribution is 7.16. The molecule has 0 aliphatic rings. The average molecular weight is 281 g/mol. The molecule has 0 aliphatic heterocycles. The van der Waals surface area contributed by atoms with Crippen LogP contribution in [0.15, 0.2) is 41.9 Å². The summed E-state index contributed by atoms with van der Waals surface area (Å²) in [5.41, 5.74) is 10.1. The van der Waals surface area contributed by atoms with Crippen molar-refractivity contribution in [3.05, 3.63) is 47.5 Å². The van der Waals surface area contributed by atoms with E-state index < -0.39 is 0 Å². The first-order chi connectivity index (χ1) is 9.78. The Hall–Kier alpha value is -2.58. The number of nitriles is 1. The number of nitrogens with two attached hydrogens (primary N) is 1. The molecular formula is C15H11N3OS. The molecule has 0 atom stereocenters. The first kappa shape index (κ1) is 12.5. The third kappa shape index (κ3) is 2.29. The van der Waals surface area contributed by atoms with Crippen LogP contribution in [-0.2, 0) is 6.42 Å². The summed E-state index contributed by atoms with van der Waals surface area (Å²) in [4.78, 5) is 4.24. The van der Waals surface area contributed by atoms with Gasteiger partial charge < -0.3 is 10.5 Å². The fourth-order valence-electron chi connectivity index (χ4n) is 1.92. The Kier molecular flexibility index (Phi) is 3.23. The molecule has 5 heteroatoms. The summed E-state index contributed by atoms with van der Waals surface area (Å²) in [5.74, 6) is 1.28. The van der Waals surface area contributed by atoms with Gasteiger partial charge in [0.25, 0.3) is 0 Å². The molecule has 0 aliphatic carbocycles. The van der Waals surface area contributed by atoms with Gasteiger partial charge in [0.2, 0.25) is 0 Å². The van der Waals surface area contributed by atoms with Crippen molar-refractivity contribution in [2.45, 2.75) is 6.42 Å². The number of benzene rings is 2.